The van der Waals surface area contributed by atoms with Gasteiger partial charge in [-0.15, -0.1) is 0 Å². The molecule has 1 aliphatic carbocycles. The minimum absolute atomic E-state index is 0.518. The number of aliphatic imine (C=N–C) groups is 1. The summed E-state index contributed by atoms with van der Waals surface area (Å²) in [4.78, 5) is 11.5. The molecule has 2 fully saturated rings. The van der Waals surface area contributed by atoms with Gasteiger partial charge in [-0.2, -0.15) is 5.10 Å². The number of nitrogens with one attached hydrogen (secondary N) is 2. The molecule has 1 spiro atoms. The number of aromatic amines is 1. The molecule has 1 saturated carbocycles. The number of aromatic nitrogens is 3. The fourth-order valence-electron chi connectivity index (χ4n) is 4.56. The van der Waals surface area contributed by atoms with Gasteiger partial charge in [0.25, 0.3) is 0 Å². The predicted molar refractivity (Wildman–Crippen MR) is 110 cm³/mol. The van der Waals surface area contributed by atoms with Crippen molar-refractivity contribution in [3.05, 3.63) is 30.1 Å². The fraction of sp³-hybridized carbons (Fsp3) is 0.571. The van der Waals surface area contributed by atoms with Crippen LogP contribution in [0.25, 0.3) is 11.4 Å². The Hall–Kier alpha value is -2.57. The van der Waals surface area contributed by atoms with Gasteiger partial charge in [0.2, 0.25) is 0 Å². The third-order valence-corrected chi connectivity index (χ3v) is 6.16. The Labute approximate surface area is 166 Å². The van der Waals surface area contributed by atoms with Crippen molar-refractivity contribution in [1.82, 2.24) is 25.4 Å². The van der Waals surface area contributed by atoms with E-state index in [0.29, 0.717) is 17.8 Å². The first kappa shape index (κ1) is 18.8. The Kier molecular flexibility index (Phi) is 5.50. The molecular formula is C21H30N6O. The standard InChI is InChI=1S/C21H30N6O/c1-22-20(27-13-12-21(15-27)10-4-3-5-11-21)23-14-18-24-19(26-25-18)16-6-8-17(28-2)9-7-16/h6-9H,3-5,10-15H2,1-2H3,(H,22,23)(H,24,25,26). The Morgan fingerprint density at radius 2 is 2.00 bits per heavy atom. The molecule has 2 aliphatic rings. The van der Waals surface area contributed by atoms with Gasteiger partial charge in [-0.1, -0.05) is 19.3 Å². The molecule has 0 radical (unpaired) electrons. The summed E-state index contributed by atoms with van der Waals surface area (Å²) in [6.45, 7) is 2.80. The zero-order chi connectivity index (χ0) is 19.4. The fourth-order valence-corrected chi connectivity index (χ4v) is 4.56. The van der Waals surface area contributed by atoms with E-state index in [9.17, 15) is 0 Å². The molecular weight excluding hydrogens is 352 g/mol. The zero-order valence-electron chi connectivity index (χ0n) is 16.9. The predicted octanol–water partition coefficient (Wildman–Crippen LogP) is 3.21. The molecule has 0 amide bonds. The number of hydrogen-bond donors (Lipinski definition) is 2. The molecule has 7 heteroatoms. The molecule has 0 unspecified atom stereocenters. The maximum absolute atomic E-state index is 5.20. The molecule has 150 valence electrons. The van der Waals surface area contributed by atoms with Crippen LogP contribution < -0.4 is 10.1 Å². The van der Waals surface area contributed by atoms with Gasteiger partial charge in [0.15, 0.2) is 11.8 Å². The average Bonchev–Trinajstić information content (AvgIpc) is 3.37. The third-order valence-electron chi connectivity index (χ3n) is 6.16. The van der Waals surface area contributed by atoms with Crippen LogP contribution in [0.4, 0.5) is 0 Å². The van der Waals surface area contributed by atoms with E-state index in [2.05, 4.69) is 30.4 Å². The summed E-state index contributed by atoms with van der Waals surface area (Å²) >= 11 is 0. The molecule has 0 atom stereocenters. The highest BCUT2D eigenvalue weighted by molar-refractivity contribution is 5.80. The summed E-state index contributed by atoms with van der Waals surface area (Å²) in [6.07, 6.45) is 8.19. The van der Waals surface area contributed by atoms with Crippen molar-refractivity contribution in [1.29, 1.82) is 0 Å². The average molecular weight is 383 g/mol. The lowest BCUT2D eigenvalue weighted by Gasteiger charge is -2.33. The molecule has 0 bridgehead atoms. The topological polar surface area (TPSA) is 78.4 Å². The lowest BCUT2D eigenvalue weighted by Crippen LogP contribution is -2.41. The molecule has 2 N–H and O–H groups in total. The second-order valence-electron chi connectivity index (χ2n) is 7.97. The first-order valence-electron chi connectivity index (χ1n) is 10.2. The van der Waals surface area contributed by atoms with E-state index < -0.39 is 0 Å². The number of H-pyrrole nitrogens is 1. The van der Waals surface area contributed by atoms with Crippen LogP contribution in [0.1, 0.15) is 44.3 Å². The van der Waals surface area contributed by atoms with Gasteiger partial charge in [-0.3, -0.25) is 10.1 Å². The highest BCUT2D eigenvalue weighted by Crippen LogP contribution is 2.43. The molecule has 4 rings (SSSR count). The minimum atomic E-state index is 0.518. The van der Waals surface area contributed by atoms with Gasteiger partial charge in [0, 0.05) is 25.7 Å². The Bertz CT molecular complexity index is 807. The molecule has 1 aromatic heterocycles. The largest absolute Gasteiger partial charge is 0.497 e. The molecule has 1 saturated heterocycles. The van der Waals surface area contributed by atoms with Crippen molar-refractivity contribution < 1.29 is 4.74 Å². The van der Waals surface area contributed by atoms with E-state index in [-0.39, 0.29) is 0 Å². The van der Waals surface area contributed by atoms with Crippen molar-refractivity contribution in [3.63, 3.8) is 0 Å². The number of hydrogen-bond acceptors (Lipinski definition) is 4. The van der Waals surface area contributed by atoms with Crippen molar-refractivity contribution >= 4 is 5.96 Å². The van der Waals surface area contributed by atoms with Crippen molar-refractivity contribution in [2.75, 3.05) is 27.2 Å². The van der Waals surface area contributed by atoms with Gasteiger partial charge >= 0.3 is 0 Å². The van der Waals surface area contributed by atoms with Gasteiger partial charge < -0.3 is 15.0 Å². The Morgan fingerprint density at radius 1 is 1.21 bits per heavy atom. The third kappa shape index (κ3) is 3.98. The Balaban J connectivity index is 1.35. The van der Waals surface area contributed by atoms with Gasteiger partial charge in [-0.05, 0) is 48.9 Å². The van der Waals surface area contributed by atoms with E-state index >= 15 is 0 Å². The molecule has 1 aromatic carbocycles. The highest BCUT2D eigenvalue weighted by Gasteiger charge is 2.39. The number of nitrogens with zero attached hydrogens (tertiary/aromatic N) is 4. The normalized spacial score (nSPS) is 19.2. The maximum Gasteiger partial charge on any atom is 0.194 e. The summed E-state index contributed by atoms with van der Waals surface area (Å²) in [5.41, 5.74) is 1.48. The maximum atomic E-state index is 5.20. The first-order valence-corrected chi connectivity index (χ1v) is 10.2. The first-order chi connectivity index (χ1) is 13.7. The van der Waals surface area contributed by atoms with E-state index in [1.165, 1.54) is 38.5 Å². The number of methoxy groups -OCH3 is 1. The number of guanidine groups is 1. The van der Waals surface area contributed by atoms with Crippen LogP contribution in [-0.4, -0.2) is 53.3 Å². The van der Waals surface area contributed by atoms with Crippen LogP contribution >= 0.6 is 0 Å². The molecule has 2 aromatic rings. The summed E-state index contributed by atoms with van der Waals surface area (Å²) in [7, 11) is 3.52. The zero-order valence-corrected chi connectivity index (χ0v) is 16.9. The molecule has 28 heavy (non-hydrogen) atoms. The van der Waals surface area contributed by atoms with Gasteiger partial charge in [-0.25, -0.2) is 4.98 Å². The smallest absolute Gasteiger partial charge is 0.194 e. The minimum Gasteiger partial charge on any atom is -0.497 e. The lowest BCUT2D eigenvalue weighted by atomic mass is 9.73. The van der Waals surface area contributed by atoms with Crippen LogP contribution in [0.15, 0.2) is 29.3 Å². The highest BCUT2D eigenvalue weighted by atomic mass is 16.5. The summed E-state index contributed by atoms with van der Waals surface area (Å²) < 4.78 is 5.20. The number of likely N-dealkylation sites (tertiary alicyclic amines) is 1. The Morgan fingerprint density at radius 3 is 2.71 bits per heavy atom. The van der Waals surface area contributed by atoms with Crippen LogP contribution in [0.2, 0.25) is 0 Å². The number of benzene rings is 1. The van der Waals surface area contributed by atoms with Gasteiger partial charge in [0.05, 0.1) is 13.7 Å². The summed E-state index contributed by atoms with van der Waals surface area (Å²) in [5, 5.41) is 10.8. The van der Waals surface area contributed by atoms with Crippen molar-refractivity contribution in [2.24, 2.45) is 10.4 Å². The van der Waals surface area contributed by atoms with Gasteiger partial charge in [0.1, 0.15) is 11.6 Å². The van der Waals surface area contributed by atoms with Crippen molar-refractivity contribution in [2.45, 2.75) is 45.1 Å². The molecule has 2 heterocycles. The van der Waals surface area contributed by atoms with Crippen molar-refractivity contribution in [3.8, 4) is 17.1 Å². The van der Waals surface area contributed by atoms with Crippen LogP contribution in [0.3, 0.4) is 0 Å². The second-order valence-corrected chi connectivity index (χ2v) is 7.97. The summed E-state index contributed by atoms with van der Waals surface area (Å²) in [5.74, 6) is 3.28. The quantitative estimate of drug-likeness (QED) is 0.627. The molecule has 1 aliphatic heterocycles. The second kappa shape index (κ2) is 8.20. The number of ether oxygens (including phenoxy) is 1. The SMILES string of the molecule is CN=C(NCc1nc(-c2ccc(OC)cc2)n[nH]1)N1CCC2(CCCCC2)C1. The van der Waals surface area contributed by atoms with Crippen LogP contribution in [0.5, 0.6) is 5.75 Å². The van der Waals surface area contributed by atoms with E-state index in [4.69, 9.17) is 4.74 Å². The molecule has 7 nitrogen and oxygen atoms in total. The number of rotatable bonds is 4. The van der Waals surface area contributed by atoms with E-state index in [1.54, 1.807) is 7.11 Å². The monoisotopic (exact) mass is 382 g/mol. The van der Waals surface area contributed by atoms with E-state index in [0.717, 1.165) is 36.2 Å². The van der Waals surface area contributed by atoms with Crippen LogP contribution in [0, 0.1) is 5.41 Å². The lowest BCUT2D eigenvalue weighted by molar-refractivity contribution is 0.203. The van der Waals surface area contributed by atoms with E-state index in [1.807, 2.05) is 31.3 Å². The summed E-state index contributed by atoms with van der Waals surface area (Å²) in [6, 6.07) is 7.76. The van der Waals surface area contributed by atoms with Crippen LogP contribution in [-0.2, 0) is 6.54 Å².